The molecule has 0 aromatic carbocycles. The summed E-state index contributed by atoms with van der Waals surface area (Å²) in [6.07, 6.45) is -0.468. The SMILES string of the molecule is C=CS(=O)(=O)NC1CN(C)CC(F)(F)C1. The summed E-state index contributed by atoms with van der Waals surface area (Å²) in [4.78, 5) is 1.40. The molecular weight excluding hydrogens is 226 g/mol. The lowest BCUT2D eigenvalue weighted by Crippen LogP contribution is -2.53. The Balaban J connectivity index is 2.68. The molecule has 1 unspecified atom stereocenters. The second-order valence-electron chi connectivity index (χ2n) is 3.78. The Bertz CT molecular complexity index is 343. The van der Waals surface area contributed by atoms with Gasteiger partial charge < -0.3 is 0 Å². The first kappa shape index (κ1) is 12.5. The van der Waals surface area contributed by atoms with Crippen LogP contribution >= 0.6 is 0 Å². The quantitative estimate of drug-likeness (QED) is 0.776. The van der Waals surface area contributed by atoms with E-state index in [0.717, 1.165) is 5.41 Å². The maximum absolute atomic E-state index is 13.1. The summed E-state index contributed by atoms with van der Waals surface area (Å²) < 4.78 is 50.5. The summed E-state index contributed by atoms with van der Waals surface area (Å²) in [5.74, 6) is -2.85. The van der Waals surface area contributed by atoms with Gasteiger partial charge >= 0.3 is 0 Å². The van der Waals surface area contributed by atoms with E-state index in [0.29, 0.717) is 0 Å². The Morgan fingerprint density at radius 1 is 1.60 bits per heavy atom. The smallest absolute Gasteiger partial charge is 0.262 e. The van der Waals surface area contributed by atoms with E-state index in [4.69, 9.17) is 0 Å². The Hall–Kier alpha value is -0.530. The number of likely N-dealkylation sites (tertiary alicyclic amines) is 1. The van der Waals surface area contributed by atoms with Crippen LogP contribution in [0, 0.1) is 0 Å². The van der Waals surface area contributed by atoms with Crippen molar-refractivity contribution in [3.05, 3.63) is 12.0 Å². The second kappa shape index (κ2) is 4.15. The molecule has 1 saturated heterocycles. The number of nitrogens with one attached hydrogen (secondary N) is 1. The number of halogens is 2. The van der Waals surface area contributed by atoms with Crippen molar-refractivity contribution in [2.24, 2.45) is 0 Å². The van der Waals surface area contributed by atoms with Gasteiger partial charge in [-0.2, -0.15) is 0 Å². The molecular formula is C8H14F2N2O2S. The van der Waals surface area contributed by atoms with Gasteiger partial charge in [-0.25, -0.2) is 21.9 Å². The van der Waals surface area contributed by atoms with Gasteiger partial charge in [0.25, 0.3) is 5.92 Å². The normalized spacial score (nSPS) is 27.5. The highest BCUT2D eigenvalue weighted by molar-refractivity contribution is 7.92. The van der Waals surface area contributed by atoms with Gasteiger partial charge in [-0.3, -0.25) is 4.90 Å². The summed E-state index contributed by atoms with van der Waals surface area (Å²) in [5.41, 5.74) is 0. The fourth-order valence-electron chi connectivity index (χ4n) is 1.68. The third kappa shape index (κ3) is 3.84. The van der Waals surface area contributed by atoms with Gasteiger partial charge in [-0.1, -0.05) is 6.58 Å². The van der Waals surface area contributed by atoms with Crippen LogP contribution < -0.4 is 4.72 Å². The van der Waals surface area contributed by atoms with Crippen molar-refractivity contribution in [2.45, 2.75) is 18.4 Å². The standard InChI is InChI=1S/C8H14F2N2O2S/c1-3-15(13,14)11-7-4-8(9,10)6-12(2)5-7/h3,7,11H,1,4-6H2,2H3. The summed E-state index contributed by atoms with van der Waals surface area (Å²) in [6, 6.07) is -0.762. The molecule has 1 atom stereocenters. The molecule has 1 N–H and O–H groups in total. The average molecular weight is 240 g/mol. The van der Waals surface area contributed by atoms with E-state index in [1.807, 2.05) is 0 Å². The highest BCUT2D eigenvalue weighted by Crippen LogP contribution is 2.26. The van der Waals surface area contributed by atoms with Crippen LogP contribution in [0.25, 0.3) is 0 Å². The van der Waals surface area contributed by atoms with E-state index < -0.39 is 28.4 Å². The lowest BCUT2D eigenvalue weighted by atomic mass is 10.0. The van der Waals surface area contributed by atoms with Crippen LogP contribution in [0.4, 0.5) is 8.78 Å². The molecule has 0 saturated carbocycles. The minimum Gasteiger partial charge on any atom is -0.299 e. The summed E-state index contributed by atoms with van der Waals surface area (Å²) in [5, 5.41) is 0.722. The molecule has 1 aliphatic rings. The van der Waals surface area contributed by atoms with Crippen molar-refractivity contribution in [3.8, 4) is 0 Å². The third-order valence-corrected chi connectivity index (χ3v) is 3.23. The molecule has 0 aromatic rings. The lowest BCUT2D eigenvalue weighted by Gasteiger charge is -2.35. The van der Waals surface area contributed by atoms with E-state index in [1.54, 1.807) is 0 Å². The van der Waals surface area contributed by atoms with Gasteiger partial charge in [-0.05, 0) is 7.05 Å². The molecule has 0 spiro atoms. The third-order valence-electron chi connectivity index (χ3n) is 2.13. The van der Waals surface area contributed by atoms with Crippen LogP contribution in [0.2, 0.25) is 0 Å². The zero-order valence-corrected chi connectivity index (χ0v) is 9.23. The van der Waals surface area contributed by atoms with Crippen molar-refractivity contribution >= 4 is 10.0 Å². The summed E-state index contributed by atoms with van der Waals surface area (Å²) >= 11 is 0. The van der Waals surface area contributed by atoms with Crippen LogP contribution in [0.15, 0.2) is 12.0 Å². The topological polar surface area (TPSA) is 49.4 Å². The van der Waals surface area contributed by atoms with Crippen molar-refractivity contribution in [3.63, 3.8) is 0 Å². The van der Waals surface area contributed by atoms with Gasteiger partial charge in [0.2, 0.25) is 10.0 Å². The molecule has 7 heteroatoms. The molecule has 15 heavy (non-hydrogen) atoms. The Kier molecular flexibility index (Phi) is 3.47. The fourth-order valence-corrected chi connectivity index (χ4v) is 2.40. The zero-order valence-electron chi connectivity index (χ0n) is 8.41. The number of hydrogen-bond acceptors (Lipinski definition) is 3. The minimum absolute atomic E-state index is 0.280. The number of likely N-dealkylation sites (N-methyl/N-ethyl adjacent to an activating group) is 1. The van der Waals surface area contributed by atoms with E-state index in [1.165, 1.54) is 11.9 Å². The Labute approximate surface area is 88.0 Å². The maximum atomic E-state index is 13.1. The second-order valence-corrected chi connectivity index (χ2v) is 5.44. The summed E-state index contributed by atoms with van der Waals surface area (Å²) in [7, 11) is -2.11. The summed E-state index contributed by atoms with van der Waals surface area (Å²) in [6.45, 7) is 3.05. The molecule has 1 aliphatic heterocycles. The predicted octanol–water partition coefficient (Wildman–Crippen LogP) is 0.389. The van der Waals surface area contributed by atoms with Crippen LogP contribution in [-0.4, -0.2) is 45.4 Å². The van der Waals surface area contributed by atoms with Crippen molar-refractivity contribution < 1.29 is 17.2 Å². The fraction of sp³-hybridized carbons (Fsp3) is 0.750. The van der Waals surface area contributed by atoms with Crippen molar-refractivity contribution in [1.82, 2.24) is 9.62 Å². The van der Waals surface area contributed by atoms with Gasteiger partial charge in [0.1, 0.15) is 0 Å². The molecule has 0 aliphatic carbocycles. The lowest BCUT2D eigenvalue weighted by molar-refractivity contribution is -0.0655. The number of piperidine rings is 1. The highest BCUT2D eigenvalue weighted by Gasteiger charge is 2.39. The van der Waals surface area contributed by atoms with Gasteiger partial charge in [0, 0.05) is 24.4 Å². The molecule has 88 valence electrons. The van der Waals surface area contributed by atoms with Crippen molar-refractivity contribution in [2.75, 3.05) is 20.1 Å². The first-order chi connectivity index (χ1) is 6.74. The van der Waals surface area contributed by atoms with Gasteiger partial charge in [0.05, 0.1) is 6.54 Å². The number of hydrogen-bond donors (Lipinski definition) is 1. The Morgan fingerprint density at radius 3 is 2.67 bits per heavy atom. The largest absolute Gasteiger partial charge is 0.299 e. The monoisotopic (exact) mass is 240 g/mol. The molecule has 0 aromatic heterocycles. The average Bonchev–Trinajstić information content (AvgIpc) is 1.99. The highest BCUT2D eigenvalue weighted by atomic mass is 32.2. The van der Waals surface area contributed by atoms with E-state index in [-0.39, 0.29) is 13.1 Å². The van der Waals surface area contributed by atoms with Crippen LogP contribution in [0.5, 0.6) is 0 Å². The van der Waals surface area contributed by atoms with Crippen molar-refractivity contribution in [1.29, 1.82) is 0 Å². The molecule has 1 heterocycles. The molecule has 0 bridgehead atoms. The predicted molar refractivity (Wildman–Crippen MR) is 53.1 cm³/mol. The first-order valence-corrected chi connectivity index (χ1v) is 6.00. The van der Waals surface area contributed by atoms with Crippen LogP contribution in [0.1, 0.15) is 6.42 Å². The van der Waals surface area contributed by atoms with Gasteiger partial charge in [-0.15, -0.1) is 0 Å². The van der Waals surface area contributed by atoms with E-state index in [2.05, 4.69) is 11.3 Å². The number of nitrogens with zero attached hydrogens (tertiary/aromatic N) is 1. The van der Waals surface area contributed by atoms with Crippen LogP contribution in [0.3, 0.4) is 0 Å². The zero-order chi connectivity index (χ0) is 11.7. The molecule has 0 radical (unpaired) electrons. The Morgan fingerprint density at radius 2 is 2.20 bits per heavy atom. The number of sulfonamides is 1. The number of rotatable bonds is 3. The van der Waals surface area contributed by atoms with E-state index >= 15 is 0 Å². The first-order valence-electron chi connectivity index (χ1n) is 4.45. The van der Waals surface area contributed by atoms with Gasteiger partial charge in [0.15, 0.2) is 0 Å². The minimum atomic E-state index is -3.64. The molecule has 4 nitrogen and oxygen atoms in total. The maximum Gasteiger partial charge on any atom is 0.262 e. The van der Waals surface area contributed by atoms with E-state index in [9.17, 15) is 17.2 Å². The number of alkyl halides is 2. The van der Waals surface area contributed by atoms with Crippen LogP contribution in [-0.2, 0) is 10.0 Å². The molecule has 1 rings (SSSR count). The molecule has 0 amide bonds. The molecule has 1 fully saturated rings.